The van der Waals surface area contributed by atoms with Crippen LogP contribution in [0.4, 0.5) is 0 Å². The molecule has 114 valence electrons. The maximum atomic E-state index is 12.2. The molecule has 22 heavy (non-hydrogen) atoms. The van der Waals surface area contributed by atoms with E-state index in [4.69, 9.17) is 14.2 Å². The molecule has 0 fully saturated rings. The molecule has 0 heterocycles. The molecule has 0 spiro atoms. The number of hydrogen-bond donors (Lipinski definition) is 0. The van der Waals surface area contributed by atoms with E-state index >= 15 is 0 Å². The van der Waals surface area contributed by atoms with Crippen LogP contribution in [0.1, 0.15) is 27.6 Å². The zero-order valence-corrected chi connectivity index (χ0v) is 12.4. The third-order valence-electron chi connectivity index (χ3n) is 2.91. The Balaban J connectivity index is 2.25. The van der Waals surface area contributed by atoms with Crippen LogP contribution < -0.4 is 14.2 Å². The Bertz CT molecular complexity index is 678. The van der Waals surface area contributed by atoms with E-state index in [1.165, 1.54) is 19.2 Å². The molecule has 0 aliphatic carbocycles. The summed E-state index contributed by atoms with van der Waals surface area (Å²) in [6.07, 6.45) is 0.705. The lowest BCUT2D eigenvalue weighted by Crippen LogP contribution is -2.10. The summed E-state index contributed by atoms with van der Waals surface area (Å²) in [6.45, 7) is 2.20. The lowest BCUT2D eigenvalue weighted by molar-refractivity contribution is 0.0728. The fourth-order valence-corrected chi connectivity index (χ4v) is 1.86. The molecule has 0 bridgehead atoms. The lowest BCUT2D eigenvalue weighted by atomic mass is 10.2. The van der Waals surface area contributed by atoms with Crippen molar-refractivity contribution in [1.82, 2.24) is 0 Å². The van der Waals surface area contributed by atoms with Crippen LogP contribution in [0.15, 0.2) is 42.5 Å². The highest BCUT2D eigenvalue weighted by molar-refractivity contribution is 5.92. The van der Waals surface area contributed by atoms with E-state index in [1.807, 2.05) is 0 Å². The van der Waals surface area contributed by atoms with Crippen LogP contribution in [0.5, 0.6) is 17.2 Å². The standard InChI is InChI=1S/C17H16O5/c1-3-21-16-9-12(11-18)7-8-15(16)22-17(19)13-5-4-6-14(10-13)20-2/h4-11H,3H2,1-2H3. The first-order chi connectivity index (χ1) is 10.7. The normalized spacial score (nSPS) is 9.91. The van der Waals surface area contributed by atoms with Gasteiger partial charge in [-0.15, -0.1) is 0 Å². The molecule has 0 saturated heterocycles. The maximum Gasteiger partial charge on any atom is 0.343 e. The van der Waals surface area contributed by atoms with Gasteiger partial charge in [0.2, 0.25) is 0 Å². The van der Waals surface area contributed by atoms with Gasteiger partial charge in [0.25, 0.3) is 0 Å². The van der Waals surface area contributed by atoms with Gasteiger partial charge >= 0.3 is 5.97 Å². The predicted octanol–water partition coefficient (Wildman–Crippen LogP) is 3.13. The fourth-order valence-electron chi connectivity index (χ4n) is 1.86. The Morgan fingerprint density at radius 3 is 2.64 bits per heavy atom. The molecule has 2 rings (SSSR count). The van der Waals surface area contributed by atoms with Gasteiger partial charge in [-0.25, -0.2) is 4.79 Å². The second kappa shape index (κ2) is 7.26. The molecule has 5 nitrogen and oxygen atoms in total. The number of ether oxygens (including phenoxy) is 3. The van der Waals surface area contributed by atoms with Gasteiger partial charge < -0.3 is 14.2 Å². The second-order valence-corrected chi connectivity index (χ2v) is 4.38. The number of rotatable bonds is 6. The fraction of sp³-hybridized carbons (Fsp3) is 0.176. The van der Waals surface area contributed by atoms with E-state index in [0.29, 0.717) is 35.5 Å². The summed E-state index contributed by atoms with van der Waals surface area (Å²) in [7, 11) is 1.52. The van der Waals surface area contributed by atoms with Gasteiger partial charge in [0.05, 0.1) is 19.3 Å². The van der Waals surface area contributed by atoms with Gasteiger partial charge in [-0.3, -0.25) is 4.79 Å². The minimum atomic E-state index is -0.529. The quantitative estimate of drug-likeness (QED) is 0.466. The smallest absolute Gasteiger partial charge is 0.343 e. The van der Waals surface area contributed by atoms with E-state index in [2.05, 4.69) is 0 Å². The predicted molar refractivity (Wildman–Crippen MR) is 81.0 cm³/mol. The Hall–Kier alpha value is -2.82. The molecule has 0 aromatic heterocycles. The number of carbonyl (C=O) groups is 2. The SMILES string of the molecule is CCOc1cc(C=O)ccc1OC(=O)c1cccc(OC)c1. The molecule has 0 saturated carbocycles. The molecule has 0 amide bonds. The molecular weight excluding hydrogens is 284 g/mol. The van der Waals surface area contributed by atoms with E-state index in [1.54, 1.807) is 37.3 Å². The van der Waals surface area contributed by atoms with Gasteiger partial charge in [0.15, 0.2) is 11.5 Å². The third kappa shape index (κ3) is 3.63. The first-order valence-corrected chi connectivity index (χ1v) is 6.76. The molecule has 5 heteroatoms. The van der Waals surface area contributed by atoms with Crippen LogP contribution in [-0.2, 0) is 0 Å². The van der Waals surface area contributed by atoms with Crippen molar-refractivity contribution in [3.05, 3.63) is 53.6 Å². The monoisotopic (exact) mass is 300 g/mol. The number of esters is 1. The maximum absolute atomic E-state index is 12.2. The van der Waals surface area contributed by atoms with Gasteiger partial charge in [-0.2, -0.15) is 0 Å². The van der Waals surface area contributed by atoms with Crippen molar-refractivity contribution in [3.63, 3.8) is 0 Å². The Morgan fingerprint density at radius 2 is 1.95 bits per heavy atom. The zero-order valence-electron chi connectivity index (χ0n) is 12.4. The first kappa shape index (κ1) is 15.6. The average Bonchev–Trinajstić information content (AvgIpc) is 2.56. The summed E-state index contributed by atoms with van der Waals surface area (Å²) in [6, 6.07) is 11.3. The number of methoxy groups -OCH3 is 1. The van der Waals surface area contributed by atoms with E-state index in [0.717, 1.165) is 0 Å². The van der Waals surface area contributed by atoms with Gasteiger partial charge in [0, 0.05) is 5.56 Å². The van der Waals surface area contributed by atoms with Crippen molar-refractivity contribution in [2.75, 3.05) is 13.7 Å². The number of hydrogen-bond acceptors (Lipinski definition) is 5. The number of benzene rings is 2. The van der Waals surface area contributed by atoms with E-state index in [-0.39, 0.29) is 5.75 Å². The number of aldehydes is 1. The van der Waals surface area contributed by atoms with Crippen LogP contribution in [0, 0.1) is 0 Å². The molecule has 2 aromatic carbocycles. The summed E-state index contributed by atoms with van der Waals surface area (Å²) in [5.74, 6) is 0.651. The average molecular weight is 300 g/mol. The van der Waals surface area contributed by atoms with Crippen LogP contribution >= 0.6 is 0 Å². The van der Waals surface area contributed by atoms with Gasteiger partial charge in [0.1, 0.15) is 12.0 Å². The van der Waals surface area contributed by atoms with Crippen molar-refractivity contribution in [2.24, 2.45) is 0 Å². The topological polar surface area (TPSA) is 61.8 Å². The highest BCUT2D eigenvalue weighted by Gasteiger charge is 2.14. The van der Waals surface area contributed by atoms with Gasteiger partial charge in [-0.05, 0) is 43.3 Å². The van der Waals surface area contributed by atoms with Crippen molar-refractivity contribution in [1.29, 1.82) is 0 Å². The molecule has 0 aliphatic heterocycles. The molecule has 2 aromatic rings. The zero-order chi connectivity index (χ0) is 15.9. The molecule has 0 radical (unpaired) electrons. The summed E-state index contributed by atoms with van der Waals surface area (Å²) < 4.78 is 15.8. The Morgan fingerprint density at radius 1 is 1.14 bits per heavy atom. The van der Waals surface area contributed by atoms with Crippen LogP contribution in [0.3, 0.4) is 0 Å². The Labute approximate surface area is 128 Å². The van der Waals surface area contributed by atoms with E-state index in [9.17, 15) is 9.59 Å². The van der Waals surface area contributed by atoms with Crippen LogP contribution in [-0.4, -0.2) is 26.0 Å². The van der Waals surface area contributed by atoms with Gasteiger partial charge in [-0.1, -0.05) is 6.07 Å². The molecular formula is C17H16O5. The summed E-state index contributed by atoms with van der Waals surface area (Å²) in [5, 5.41) is 0. The minimum absolute atomic E-state index is 0.264. The lowest BCUT2D eigenvalue weighted by Gasteiger charge is -2.11. The highest BCUT2D eigenvalue weighted by atomic mass is 16.6. The van der Waals surface area contributed by atoms with E-state index < -0.39 is 5.97 Å². The molecule has 0 atom stereocenters. The Kier molecular flexibility index (Phi) is 5.14. The molecule has 0 unspecified atom stereocenters. The largest absolute Gasteiger partial charge is 0.497 e. The third-order valence-corrected chi connectivity index (χ3v) is 2.91. The molecule has 0 aliphatic rings. The summed E-state index contributed by atoms with van der Waals surface area (Å²) in [4.78, 5) is 23.0. The van der Waals surface area contributed by atoms with Crippen molar-refractivity contribution < 1.29 is 23.8 Å². The molecule has 0 N–H and O–H groups in total. The summed E-state index contributed by atoms with van der Waals surface area (Å²) in [5.41, 5.74) is 0.811. The van der Waals surface area contributed by atoms with Crippen molar-refractivity contribution in [2.45, 2.75) is 6.92 Å². The second-order valence-electron chi connectivity index (χ2n) is 4.38. The summed E-state index contributed by atoms with van der Waals surface area (Å²) >= 11 is 0. The van der Waals surface area contributed by atoms with Crippen molar-refractivity contribution in [3.8, 4) is 17.2 Å². The first-order valence-electron chi connectivity index (χ1n) is 6.76. The van der Waals surface area contributed by atoms with Crippen LogP contribution in [0.25, 0.3) is 0 Å². The van der Waals surface area contributed by atoms with Crippen molar-refractivity contribution >= 4 is 12.3 Å². The van der Waals surface area contributed by atoms with Crippen LogP contribution in [0.2, 0.25) is 0 Å². The number of carbonyl (C=O) groups excluding carboxylic acids is 2. The highest BCUT2D eigenvalue weighted by Crippen LogP contribution is 2.29. The minimum Gasteiger partial charge on any atom is -0.497 e.